The Hall–Kier alpha value is -4.99. The molecular weight excluding hydrogens is 514 g/mol. The number of ether oxygens (including phenoxy) is 6. The molecule has 3 aromatic carbocycles. The van der Waals surface area contributed by atoms with Gasteiger partial charge in [-0.2, -0.15) is 0 Å². The molecule has 0 atom stereocenters. The number of rotatable bonds is 13. The van der Waals surface area contributed by atoms with Crippen molar-refractivity contribution in [3.63, 3.8) is 0 Å². The Labute approximate surface area is 232 Å². The average Bonchev–Trinajstić information content (AvgIpc) is 3.45. The standard InChI is InChI=1S/C30H31N3O7/c1-35-24-10-6-21(7-11-24)17-33-18-23(31-32-33)19-40-27-14-20(9-13-26(27)36-2)8-12-25(34)22-15-28(37-3)30(39-5)29(16-22)38-4/h6-16,18H,17,19H2,1-5H3/b12-8+. The third kappa shape index (κ3) is 6.71. The van der Waals surface area contributed by atoms with Crippen molar-refractivity contribution in [3.05, 3.63) is 89.3 Å². The quantitative estimate of drug-likeness (QED) is 0.172. The molecule has 4 rings (SSSR count). The molecule has 0 saturated heterocycles. The third-order valence-corrected chi connectivity index (χ3v) is 6.03. The normalized spacial score (nSPS) is 10.8. The van der Waals surface area contributed by atoms with Crippen molar-refractivity contribution in [3.8, 4) is 34.5 Å². The van der Waals surface area contributed by atoms with E-state index in [0.717, 1.165) is 16.9 Å². The van der Waals surface area contributed by atoms with Crippen molar-refractivity contribution >= 4 is 11.9 Å². The maximum atomic E-state index is 12.9. The van der Waals surface area contributed by atoms with E-state index in [0.29, 0.717) is 46.5 Å². The maximum Gasteiger partial charge on any atom is 0.203 e. The molecule has 0 aliphatic rings. The zero-order chi connectivity index (χ0) is 28.5. The largest absolute Gasteiger partial charge is 0.497 e. The lowest BCUT2D eigenvalue weighted by molar-refractivity contribution is 0.104. The topological polar surface area (TPSA) is 103 Å². The number of hydrogen-bond acceptors (Lipinski definition) is 9. The van der Waals surface area contributed by atoms with E-state index in [1.165, 1.54) is 27.4 Å². The minimum Gasteiger partial charge on any atom is -0.497 e. The number of carbonyl (C=O) groups excluding carboxylic acids is 1. The van der Waals surface area contributed by atoms with Crippen LogP contribution < -0.4 is 28.4 Å². The van der Waals surface area contributed by atoms with E-state index in [-0.39, 0.29) is 12.4 Å². The van der Waals surface area contributed by atoms with Crippen LogP contribution in [0.3, 0.4) is 0 Å². The first-order valence-electron chi connectivity index (χ1n) is 12.3. The first-order valence-corrected chi connectivity index (χ1v) is 12.3. The van der Waals surface area contributed by atoms with E-state index in [4.69, 9.17) is 28.4 Å². The van der Waals surface area contributed by atoms with Crippen LogP contribution in [0.5, 0.6) is 34.5 Å². The highest BCUT2D eigenvalue weighted by atomic mass is 16.5. The molecule has 0 amide bonds. The van der Waals surface area contributed by atoms with Crippen LogP contribution in [0.15, 0.2) is 66.9 Å². The van der Waals surface area contributed by atoms with Crippen LogP contribution in [0.25, 0.3) is 6.08 Å². The minimum absolute atomic E-state index is 0.191. The summed E-state index contributed by atoms with van der Waals surface area (Å²) in [5.74, 6) is 2.86. The van der Waals surface area contributed by atoms with Crippen LogP contribution in [-0.4, -0.2) is 56.3 Å². The first kappa shape index (κ1) is 28.0. The fourth-order valence-corrected chi connectivity index (χ4v) is 3.95. The zero-order valence-electron chi connectivity index (χ0n) is 23.0. The molecule has 0 aliphatic carbocycles. The van der Waals surface area contributed by atoms with Gasteiger partial charge in [0, 0.05) is 5.56 Å². The molecule has 0 bridgehead atoms. The van der Waals surface area contributed by atoms with Crippen molar-refractivity contribution in [1.29, 1.82) is 0 Å². The number of nitrogens with zero attached hydrogens (tertiary/aromatic N) is 3. The van der Waals surface area contributed by atoms with E-state index >= 15 is 0 Å². The summed E-state index contributed by atoms with van der Waals surface area (Å²) >= 11 is 0. The zero-order valence-corrected chi connectivity index (χ0v) is 23.0. The van der Waals surface area contributed by atoms with Gasteiger partial charge in [0.2, 0.25) is 5.75 Å². The van der Waals surface area contributed by atoms with Gasteiger partial charge in [-0.1, -0.05) is 29.5 Å². The van der Waals surface area contributed by atoms with Gasteiger partial charge in [-0.05, 0) is 53.6 Å². The highest BCUT2D eigenvalue weighted by molar-refractivity contribution is 6.07. The van der Waals surface area contributed by atoms with Gasteiger partial charge in [-0.3, -0.25) is 4.79 Å². The van der Waals surface area contributed by atoms with Crippen molar-refractivity contribution in [2.24, 2.45) is 0 Å². The number of allylic oxidation sites excluding steroid dienone is 1. The number of methoxy groups -OCH3 is 5. The summed E-state index contributed by atoms with van der Waals surface area (Å²) in [7, 11) is 7.72. The van der Waals surface area contributed by atoms with Crippen LogP contribution in [0.2, 0.25) is 0 Å². The van der Waals surface area contributed by atoms with E-state index in [1.54, 1.807) is 49.2 Å². The number of hydrogen-bond donors (Lipinski definition) is 0. The first-order chi connectivity index (χ1) is 19.5. The Morgan fingerprint density at radius 1 is 0.800 bits per heavy atom. The molecule has 0 fully saturated rings. The van der Waals surface area contributed by atoms with Crippen molar-refractivity contribution in [2.75, 3.05) is 35.5 Å². The number of aromatic nitrogens is 3. The number of benzene rings is 3. The van der Waals surface area contributed by atoms with Crippen LogP contribution in [0, 0.1) is 0 Å². The van der Waals surface area contributed by atoms with Crippen LogP contribution >= 0.6 is 0 Å². The summed E-state index contributed by atoms with van der Waals surface area (Å²) in [4.78, 5) is 12.9. The SMILES string of the molecule is COc1ccc(Cn2cc(COc3cc(/C=C/C(=O)c4cc(OC)c(OC)c(OC)c4)ccc3OC)nn2)cc1. The Morgan fingerprint density at radius 3 is 2.12 bits per heavy atom. The molecule has 0 unspecified atom stereocenters. The monoisotopic (exact) mass is 545 g/mol. The highest BCUT2D eigenvalue weighted by Gasteiger charge is 2.16. The highest BCUT2D eigenvalue weighted by Crippen LogP contribution is 2.38. The second kappa shape index (κ2) is 13.2. The summed E-state index contributed by atoms with van der Waals surface area (Å²) in [5.41, 5.74) is 2.88. The van der Waals surface area contributed by atoms with Gasteiger partial charge >= 0.3 is 0 Å². The van der Waals surface area contributed by atoms with Crippen LogP contribution in [0.1, 0.15) is 27.2 Å². The Kier molecular flexibility index (Phi) is 9.24. The molecule has 0 spiro atoms. The molecule has 4 aromatic rings. The van der Waals surface area contributed by atoms with Crippen molar-refractivity contribution < 1.29 is 33.2 Å². The fraction of sp³-hybridized carbons (Fsp3) is 0.233. The van der Waals surface area contributed by atoms with Gasteiger partial charge < -0.3 is 28.4 Å². The van der Waals surface area contributed by atoms with Crippen LogP contribution in [0.4, 0.5) is 0 Å². The van der Waals surface area contributed by atoms with E-state index in [2.05, 4.69) is 10.3 Å². The smallest absolute Gasteiger partial charge is 0.203 e. The molecular formula is C30H31N3O7. The second-order valence-corrected chi connectivity index (χ2v) is 8.57. The summed E-state index contributed by atoms with van der Waals surface area (Å²) < 4.78 is 34.4. The van der Waals surface area contributed by atoms with Gasteiger partial charge in [-0.25, -0.2) is 4.68 Å². The van der Waals surface area contributed by atoms with E-state index in [1.807, 2.05) is 36.5 Å². The molecule has 10 heteroatoms. The molecule has 0 radical (unpaired) electrons. The Bertz CT molecular complexity index is 1450. The summed E-state index contributed by atoms with van der Waals surface area (Å²) in [6.45, 7) is 0.761. The van der Waals surface area contributed by atoms with Gasteiger partial charge in [-0.15, -0.1) is 5.10 Å². The predicted octanol–water partition coefficient (Wildman–Crippen LogP) is 4.84. The predicted molar refractivity (Wildman–Crippen MR) is 149 cm³/mol. The Morgan fingerprint density at radius 2 is 1.50 bits per heavy atom. The lowest BCUT2D eigenvalue weighted by Crippen LogP contribution is -2.01. The molecule has 208 valence electrons. The minimum atomic E-state index is -0.231. The van der Waals surface area contributed by atoms with E-state index < -0.39 is 0 Å². The van der Waals surface area contributed by atoms with Crippen LogP contribution in [-0.2, 0) is 13.2 Å². The molecule has 10 nitrogen and oxygen atoms in total. The molecule has 0 saturated carbocycles. The number of carbonyl (C=O) groups is 1. The molecule has 0 N–H and O–H groups in total. The summed E-state index contributed by atoms with van der Waals surface area (Å²) in [6.07, 6.45) is 5.00. The molecule has 1 heterocycles. The Balaban J connectivity index is 1.44. The van der Waals surface area contributed by atoms with Gasteiger partial charge in [0.1, 0.15) is 18.1 Å². The summed E-state index contributed by atoms with van der Waals surface area (Å²) in [6, 6.07) is 16.4. The van der Waals surface area contributed by atoms with Crippen molar-refractivity contribution in [2.45, 2.75) is 13.2 Å². The van der Waals surface area contributed by atoms with Gasteiger partial charge in [0.05, 0.1) is 48.3 Å². The average molecular weight is 546 g/mol. The molecule has 0 aliphatic heterocycles. The lowest BCUT2D eigenvalue weighted by atomic mass is 10.1. The number of ketones is 1. The van der Waals surface area contributed by atoms with E-state index in [9.17, 15) is 4.79 Å². The fourth-order valence-electron chi connectivity index (χ4n) is 3.95. The van der Waals surface area contributed by atoms with Crippen molar-refractivity contribution in [1.82, 2.24) is 15.0 Å². The second-order valence-electron chi connectivity index (χ2n) is 8.57. The lowest BCUT2D eigenvalue weighted by Gasteiger charge is -2.13. The molecule has 40 heavy (non-hydrogen) atoms. The summed E-state index contributed by atoms with van der Waals surface area (Å²) in [5, 5.41) is 8.40. The van der Waals surface area contributed by atoms with Gasteiger partial charge in [0.15, 0.2) is 28.8 Å². The van der Waals surface area contributed by atoms with Gasteiger partial charge in [0.25, 0.3) is 0 Å². The molecule has 1 aromatic heterocycles. The maximum absolute atomic E-state index is 12.9. The third-order valence-electron chi connectivity index (χ3n) is 6.03.